The molecular weight excluding hydrogens is 272 g/mol. The zero-order valence-corrected chi connectivity index (χ0v) is 11.0. The minimum Gasteiger partial charge on any atom is -0.478 e. The second-order valence-corrected chi connectivity index (χ2v) is 4.99. The number of aromatic carboxylic acids is 1. The summed E-state index contributed by atoms with van der Waals surface area (Å²) in [7, 11) is 0. The Hall–Kier alpha value is -1.59. The van der Waals surface area contributed by atoms with Crippen LogP contribution in [0.25, 0.3) is 0 Å². The fourth-order valence-electron chi connectivity index (χ4n) is 1.49. The van der Waals surface area contributed by atoms with E-state index in [-0.39, 0.29) is 10.6 Å². The van der Waals surface area contributed by atoms with E-state index in [2.05, 4.69) is 10.3 Å². The van der Waals surface area contributed by atoms with Gasteiger partial charge < -0.3 is 10.4 Å². The van der Waals surface area contributed by atoms with Crippen LogP contribution >= 0.6 is 22.9 Å². The van der Waals surface area contributed by atoms with Gasteiger partial charge in [0.05, 0.1) is 15.6 Å². The van der Waals surface area contributed by atoms with E-state index < -0.39 is 5.97 Å². The average Bonchev–Trinajstić information content (AvgIpc) is 2.81. The van der Waals surface area contributed by atoms with Crippen LogP contribution in [0.2, 0.25) is 5.02 Å². The second kappa shape index (κ2) is 5.84. The standard InChI is InChI=1S/C12H11ClN2O2S/c13-10-7-8(1-2-9(10)12(16)17)14-4-3-11-15-5-6-18-11/h1-2,5-7,14H,3-4H2,(H,16,17). The van der Waals surface area contributed by atoms with Gasteiger partial charge >= 0.3 is 5.97 Å². The van der Waals surface area contributed by atoms with E-state index in [0.717, 1.165) is 23.7 Å². The maximum Gasteiger partial charge on any atom is 0.337 e. The molecular formula is C12H11ClN2O2S. The Morgan fingerprint density at radius 1 is 1.50 bits per heavy atom. The molecule has 2 N–H and O–H groups in total. The van der Waals surface area contributed by atoms with Crippen LogP contribution in [0.1, 0.15) is 15.4 Å². The fraction of sp³-hybridized carbons (Fsp3) is 0.167. The number of halogens is 1. The number of aromatic nitrogens is 1. The van der Waals surface area contributed by atoms with E-state index in [0.29, 0.717) is 0 Å². The number of carboxylic acid groups (broad SMARTS) is 1. The van der Waals surface area contributed by atoms with Gasteiger partial charge in [-0.25, -0.2) is 9.78 Å². The van der Waals surface area contributed by atoms with Crippen molar-refractivity contribution in [2.24, 2.45) is 0 Å². The number of nitrogens with one attached hydrogen (secondary N) is 1. The summed E-state index contributed by atoms with van der Waals surface area (Å²) in [6.07, 6.45) is 2.61. The first-order valence-electron chi connectivity index (χ1n) is 5.32. The van der Waals surface area contributed by atoms with Crippen LogP contribution in [0, 0.1) is 0 Å². The van der Waals surface area contributed by atoms with Gasteiger partial charge in [-0.1, -0.05) is 11.6 Å². The summed E-state index contributed by atoms with van der Waals surface area (Å²) >= 11 is 7.48. The van der Waals surface area contributed by atoms with Gasteiger partial charge in [-0.3, -0.25) is 0 Å². The molecule has 0 saturated carbocycles. The molecule has 1 heterocycles. The Morgan fingerprint density at radius 3 is 2.94 bits per heavy atom. The highest BCUT2D eigenvalue weighted by atomic mass is 35.5. The maximum absolute atomic E-state index is 10.8. The molecule has 0 aliphatic carbocycles. The van der Waals surface area contributed by atoms with E-state index in [9.17, 15) is 4.79 Å². The van der Waals surface area contributed by atoms with E-state index in [1.165, 1.54) is 6.07 Å². The van der Waals surface area contributed by atoms with Gasteiger partial charge in [0.25, 0.3) is 0 Å². The second-order valence-electron chi connectivity index (χ2n) is 3.60. The molecule has 4 nitrogen and oxygen atoms in total. The van der Waals surface area contributed by atoms with Crippen molar-refractivity contribution in [3.63, 3.8) is 0 Å². The van der Waals surface area contributed by atoms with Crippen LogP contribution in [-0.4, -0.2) is 22.6 Å². The summed E-state index contributed by atoms with van der Waals surface area (Å²) in [5, 5.41) is 15.3. The monoisotopic (exact) mass is 282 g/mol. The zero-order chi connectivity index (χ0) is 13.0. The molecule has 94 valence electrons. The Balaban J connectivity index is 1.94. The Labute approximate surface area is 113 Å². The quantitative estimate of drug-likeness (QED) is 0.884. The van der Waals surface area contributed by atoms with Crippen molar-refractivity contribution < 1.29 is 9.90 Å². The first kappa shape index (κ1) is 12.9. The van der Waals surface area contributed by atoms with Gasteiger partial charge in [0, 0.05) is 30.2 Å². The molecule has 0 aliphatic rings. The fourth-order valence-corrected chi connectivity index (χ4v) is 2.37. The molecule has 0 unspecified atom stereocenters. The van der Waals surface area contributed by atoms with Crippen molar-refractivity contribution in [2.75, 3.05) is 11.9 Å². The lowest BCUT2D eigenvalue weighted by Gasteiger charge is -2.06. The Morgan fingerprint density at radius 2 is 2.33 bits per heavy atom. The van der Waals surface area contributed by atoms with Crippen LogP contribution in [0.3, 0.4) is 0 Å². The third-order valence-corrected chi connectivity index (χ3v) is 3.50. The molecule has 0 saturated heterocycles. The van der Waals surface area contributed by atoms with Gasteiger partial charge in [0.2, 0.25) is 0 Å². The van der Waals surface area contributed by atoms with Crippen LogP contribution in [0.4, 0.5) is 5.69 Å². The average molecular weight is 283 g/mol. The Kier molecular flexibility index (Phi) is 4.17. The first-order chi connectivity index (χ1) is 8.66. The molecule has 2 aromatic rings. The Bertz CT molecular complexity index is 543. The highest BCUT2D eigenvalue weighted by Gasteiger charge is 2.08. The van der Waals surface area contributed by atoms with Crippen LogP contribution in [0.5, 0.6) is 0 Å². The van der Waals surface area contributed by atoms with Gasteiger partial charge in [0.1, 0.15) is 0 Å². The van der Waals surface area contributed by atoms with Crippen molar-refractivity contribution in [2.45, 2.75) is 6.42 Å². The number of benzene rings is 1. The highest BCUT2D eigenvalue weighted by Crippen LogP contribution is 2.21. The lowest BCUT2D eigenvalue weighted by atomic mass is 10.2. The molecule has 6 heteroatoms. The minimum atomic E-state index is -1.02. The summed E-state index contributed by atoms with van der Waals surface area (Å²) in [5.41, 5.74) is 0.920. The number of carbonyl (C=O) groups is 1. The molecule has 0 atom stereocenters. The molecule has 0 amide bonds. The molecule has 1 aromatic carbocycles. The van der Waals surface area contributed by atoms with Crippen LogP contribution in [0.15, 0.2) is 29.8 Å². The number of hydrogen-bond acceptors (Lipinski definition) is 4. The predicted octanol–water partition coefficient (Wildman–Crippen LogP) is 3.15. The molecule has 0 fully saturated rings. The number of hydrogen-bond donors (Lipinski definition) is 2. The zero-order valence-electron chi connectivity index (χ0n) is 9.39. The van der Waals surface area contributed by atoms with Gasteiger partial charge in [0.15, 0.2) is 0 Å². The van der Waals surface area contributed by atoms with Gasteiger partial charge in [-0.05, 0) is 18.2 Å². The molecule has 0 radical (unpaired) electrons. The molecule has 1 aromatic heterocycles. The predicted molar refractivity (Wildman–Crippen MR) is 72.7 cm³/mol. The van der Waals surface area contributed by atoms with Crippen molar-refractivity contribution in [3.05, 3.63) is 45.4 Å². The largest absolute Gasteiger partial charge is 0.478 e. The first-order valence-corrected chi connectivity index (χ1v) is 6.57. The van der Waals surface area contributed by atoms with E-state index in [4.69, 9.17) is 16.7 Å². The lowest BCUT2D eigenvalue weighted by molar-refractivity contribution is 0.0697. The summed E-state index contributed by atoms with van der Waals surface area (Å²) in [6, 6.07) is 4.82. The van der Waals surface area contributed by atoms with Crippen LogP contribution in [-0.2, 0) is 6.42 Å². The maximum atomic E-state index is 10.8. The van der Waals surface area contributed by atoms with E-state index in [1.807, 2.05) is 5.38 Å². The van der Waals surface area contributed by atoms with Gasteiger partial charge in [-0.15, -0.1) is 11.3 Å². The number of thiazole rings is 1. The minimum absolute atomic E-state index is 0.113. The summed E-state index contributed by atoms with van der Waals surface area (Å²) in [6.45, 7) is 0.732. The van der Waals surface area contributed by atoms with Crippen molar-refractivity contribution >= 4 is 34.6 Å². The number of nitrogens with zero attached hydrogens (tertiary/aromatic N) is 1. The van der Waals surface area contributed by atoms with Gasteiger partial charge in [-0.2, -0.15) is 0 Å². The normalized spacial score (nSPS) is 10.3. The number of carboxylic acids is 1. The molecule has 0 aliphatic heterocycles. The molecule has 2 rings (SSSR count). The van der Waals surface area contributed by atoms with E-state index in [1.54, 1.807) is 29.7 Å². The SMILES string of the molecule is O=C(O)c1ccc(NCCc2nccs2)cc1Cl. The molecule has 0 spiro atoms. The molecule has 18 heavy (non-hydrogen) atoms. The highest BCUT2D eigenvalue weighted by molar-refractivity contribution is 7.09. The number of anilines is 1. The molecule has 0 bridgehead atoms. The van der Waals surface area contributed by atoms with Crippen molar-refractivity contribution in [1.82, 2.24) is 4.98 Å². The summed E-state index contributed by atoms with van der Waals surface area (Å²) in [5.74, 6) is -1.02. The van der Waals surface area contributed by atoms with Crippen molar-refractivity contribution in [3.8, 4) is 0 Å². The topological polar surface area (TPSA) is 62.2 Å². The third-order valence-electron chi connectivity index (χ3n) is 2.35. The van der Waals surface area contributed by atoms with Crippen LogP contribution < -0.4 is 5.32 Å². The van der Waals surface area contributed by atoms with E-state index >= 15 is 0 Å². The summed E-state index contributed by atoms with van der Waals surface area (Å²) in [4.78, 5) is 15.0. The lowest BCUT2D eigenvalue weighted by Crippen LogP contribution is -2.05. The summed E-state index contributed by atoms with van der Waals surface area (Å²) < 4.78 is 0. The smallest absolute Gasteiger partial charge is 0.337 e. The third kappa shape index (κ3) is 3.21. The van der Waals surface area contributed by atoms with Crippen molar-refractivity contribution in [1.29, 1.82) is 0 Å². The number of rotatable bonds is 5.